The van der Waals surface area contributed by atoms with Gasteiger partial charge in [-0.05, 0) is 22.8 Å². The van der Waals surface area contributed by atoms with Crippen molar-refractivity contribution in [3.8, 4) is 11.1 Å². The zero-order chi connectivity index (χ0) is 17.8. The standard InChI is InChI=1S/C20H20N2O3/c1-13(23)22-18(20(24)25-2)11-15-12-21-17-10-6-9-16(19(15)17)14-7-4-3-5-8-14/h3-10,12,18,21H,11H2,1-2H3,(H,22,23)/t18-/m0/s1. The number of esters is 1. The van der Waals surface area contributed by atoms with Crippen molar-refractivity contribution in [2.75, 3.05) is 7.11 Å². The maximum absolute atomic E-state index is 12.0. The van der Waals surface area contributed by atoms with Crippen LogP contribution >= 0.6 is 0 Å². The highest BCUT2D eigenvalue weighted by atomic mass is 16.5. The van der Waals surface area contributed by atoms with Gasteiger partial charge in [0.25, 0.3) is 0 Å². The number of methoxy groups -OCH3 is 1. The van der Waals surface area contributed by atoms with Crippen LogP contribution in [0.5, 0.6) is 0 Å². The number of hydrogen-bond acceptors (Lipinski definition) is 3. The van der Waals surface area contributed by atoms with Gasteiger partial charge < -0.3 is 15.0 Å². The summed E-state index contributed by atoms with van der Waals surface area (Å²) in [6.07, 6.45) is 2.24. The monoisotopic (exact) mass is 336 g/mol. The van der Waals surface area contributed by atoms with E-state index < -0.39 is 12.0 Å². The molecule has 1 aromatic heterocycles. The molecule has 3 rings (SSSR count). The van der Waals surface area contributed by atoms with Crippen LogP contribution in [0.25, 0.3) is 22.0 Å². The molecule has 0 bridgehead atoms. The van der Waals surface area contributed by atoms with Crippen LogP contribution in [-0.4, -0.2) is 30.0 Å². The van der Waals surface area contributed by atoms with Gasteiger partial charge in [0.2, 0.25) is 5.91 Å². The van der Waals surface area contributed by atoms with E-state index in [-0.39, 0.29) is 5.91 Å². The van der Waals surface area contributed by atoms with Gasteiger partial charge in [0.1, 0.15) is 6.04 Å². The number of aromatic amines is 1. The molecule has 3 aromatic rings. The first-order chi connectivity index (χ1) is 12.1. The lowest BCUT2D eigenvalue weighted by Crippen LogP contribution is -2.41. The average Bonchev–Trinajstić information content (AvgIpc) is 3.04. The summed E-state index contributed by atoms with van der Waals surface area (Å²) in [7, 11) is 1.32. The first-order valence-electron chi connectivity index (χ1n) is 8.09. The Balaban J connectivity index is 2.05. The van der Waals surface area contributed by atoms with Crippen LogP contribution in [0.3, 0.4) is 0 Å². The Morgan fingerprint density at radius 2 is 1.88 bits per heavy atom. The Kier molecular flexibility index (Phi) is 4.84. The Hall–Kier alpha value is -3.08. The van der Waals surface area contributed by atoms with Crippen LogP contribution in [0.4, 0.5) is 0 Å². The van der Waals surface area contributed by atoms with E-state index >= 15 is 0 Å². The Bertz CT molecular complexity index is 900. The minimum atomic E-state index is -0.717. The van der Waals surface area contributed by atoms with E-state index in [0.29, 0.717) is 6.42 Å². The maximum atomic E-state index is 12.0. The van der Waals surface area contributed by atoms with Gasteiger partial charge in [-0.25, -0.2) is 4.79 Å². The summed E-state index contributed by atoms with van der Waals surface area (Å²) in [6.45, 7) is 1.39. The molecule has 0 saturated heterocycles. The van der Waals surface area contributed by atoms with E-state index in [2.05, 4.69) is 28.5 Å². The van der Waals surface area contributed by atoms with E-state index in [9.17, 15) is 9.59 Å². The fraction of sp³-hybridized carbons (Fsp3) is 0.200. The van der Waals surface area contributed by atoms with Crippen LogP contribution in [0.1, 0.15) is 12.5 Å². The molecular weight excluding hydrogens is 316 g/mol. The lowest BCUT2D eigenvalue weighted by molar-refractivity contribution is -0.144. The number of carbonyl (C=O) groups excluding carboxylic acids is 2. The summed E-state index contributed by atoms with van der Waals surface area (Å²) in [5.74, 6) is -0.722. The highest BCUT2D eigenvalue weighted by Crippen LogP contribution is 2.31. The molecular formula is C20H20N2O3. The third kappa shape index (κ3) is 3.55. The summed E-state index contributed by atoms with van der Waals surface area (Å²) >= 11 is 0. The second-order valence-electron chi connectivity index (χ2n) is 5.89. The van der Waals surface area contributed by atoms with Crippen molar-refractivity contribution in [2.45, 2.75) is 19.4 Å². The normalized spacial score (nSPS) is 11.9. The number of nitrogens with one attached hydrogen (secondary N) is 2. The highest BCUT2D eigenvalue weighted by Gasteiger charge is 2.22. The summed E-state index contributed by atoms with van der Waals surface area (Å²) in [5.41, 5.74) is 4.13. The fourth-order valence-electron chi connectivity index (χ4n) is 3.08. The number of amides is 1. The van der Waals surface area contributed by atoms with Crippen molar-refractivity contribution < 1.29 is 14.3 Å². The number of carbonyl (C=O) groups is 2. The Morgan fingerprint density at radius 1 is 1.12 bits per heavy atom. The maximum Gasteiger partial charge on any atom is 0.328 e. The van der Waals surface area contributed by atoms with Crippen LogP contribution in [-0.2, 0) is 20.7 Å². The third-order valence-corrected chi connectivity index (χ3v) is 4.16. The van der Waals surface area contributed by atoms with Crippen LogP contribution in [0.2, 0.25) is 0 Å². The molecule has 0 unspecified atom stereocenters. The predicted octanol–water partition coefficient (Wildman–Crippen LogP) is 3.06. The van der Waals surface area contributed by atoms with Crippen LogP contribution in [0.15, 0.2) is 54.7 Å². The van der Waals surface area contributed by atoms with Crippen LogP contribution in [0, 0.1) is 0 Å². The molecule has 128 valence electrons. The molecule has 2 aromatic carbocycles. The van der Waals surface area contributed by atoms with Gasteiger partial charge in [-0.2, -0.15) is 0 Å². The average molecular weight is 336 g/mol. The second-order valence-corrected chi connectivity index (χ2v) is 5.89. The zero-order valence-electron chi connectivity index (χ0n) is 14.2. The first-order valence-corrected chi connectivity index (χ1v) is 8.09. The summed E-state index contributed by atoms with van der Waals surface area (Å²) < 4.78 is 4.83. The number of H-pyrrole nitrogens is 1. The minimum Gasteiger partial charge on any atom is -0.467 e. The van der Waals surface area contributed by atoms with E-state index in [1.54, 1.807) is 0 Å². The minimum absolute atomic E-state index is 0.265. The third-order valence-electron chi connectivity index (χ3n) is 4.16. The van der Waals surface area contributed by atoms with Gasteiger partial charge in [-0.15, -0.1) is 0 Å². The molecule has 0 fully saturated rings. The lowest BCUT2D eigenvalue weighted by Gasteiger charge is -2.15. The Morgan fingerprint density at radius 3 is 2.56 bits per heavy atom. The summed E-state index contributed by atoms with van der Waals surface area (Å²) in [5, 5.41) is 3.71. The van der Waals surface area contributed by atoms with E-state index in [1.165, 1.54) is 14.0 Å². The van der Waals surface area contributed by atoms with Crippen molar-refractivity contribution in [3.63, 3.8) is 0 Å². The lowest BCUT2D eigenvalue weighted by atomic mass is 9.96. The molecule has 1 amide bonds. The number of hydrogen-bond donors (Lipinski definition) is 2. The van der Waals surface area contributed by atoms with Gasteiger partial charge >= 0.3 is 5.97 Å². The molecule has 0 spiro atoms. The van der Waals surface area contributed by atoms with Crippen molar-refractivity contribution in [1.82, 2.24) is 10.3 Å². The van der Waals surface area contributed by atoms with Crippen molar-refractivity contribution in [2.24, 2.45) is 0 Å². The second kappa shape index (κ2) is 7.21. The number of aromatic nitrogens is 1. The molecule has 2 N–H and O–H groups in total. The zero-order valence-corrected chi connectivity index (χ0v) is 14.2. The number of ether oxygens (including phenoxy) is 1. The molecule has 1 heterocycles. The molecule has 5 heteroatoms. The van der Waals surface area contributed by atoms with Gasteiger partial charge in [0.05, 0.1) is 7.11 Å². The molecule has 0 aliphatic rings. The predicted molar refractivity (Wildman–Crippen MR) is 97.1 cm³/mol. The summed E-state index contributed by atoms with van der Waals surface area (Å²) in [6, 6.07) is 15.4. The van der Waals surface area contributed by atoms with Gasteiger partial charge in [-0.1, -0.05) is 42.5 Å². The SMILES string of the molecule is COC(=O)[C@H](Cc1c[nH]c2cccc(-c3ccccc3)c12)NC(C)=O. The smallest absolute Gasteiger partial charge is 0.328 e. The Labute approximate surface area is 146 Å². The van der Waals surface area contributed by atoms with E-state index in [4.69, 9.17) is 4.74 Å². The van der Waals surface area contributed by atoms with Gasteiger partial charge in [-0.3, -0.25) is 4.79 Å². The van der Waals surface area contributed by atoms with E-state index in [1.807, 2.05) is 36.5 Å². The quantitative estimate of drug-likeness (QED) is 0.704. The fourth-order valence-corrected chi connectivity index (χ4v) is 3.08. The molecule has 25 heavy (non-hydrogen) atoms. The van der Waals surface area contributed by atoms with Gasteiger partial charge in [0, 0.05) is 30.4 Å². The number of fused-ring (bicyclic) bond motifs is 1. The van der Waals surface area contributed by atoms with Crippen molar-refractivity contribution in [3.05, 3.63) is 60.3 Å². The topological polar surface area (TPSA) is 71.2 Å². The largest absolute Gasteiger partial charge is 0.467 e. The molecule has 5 nitrogen and oxygen atoms in total. The van der Waals surface area contributed by atoms with Gasteiger partial charge in [0.15, 0.2) is 0 Å². The highest BCUT2D eigenvalue weighted by molar-refractivity contribution is 5.98. The molecule has 0 aliphatic carbocycles. The van der Waals surface area contributed by atoms with E-state index in [0.717, 1.165) is 27.6 Å². The summed E-state index contributed by atoms with van der Waals surface area (Å²) in [4.78, 5) is 26.7. The molecule has 0 aliphatic heterocycles. The van der Waals surface area contributed by atoms with Crippen molar-refractivity contribution in [1.29, 1.82) is 0 Å². The molecule has 0 radical (unpaired) electrons. The number of benzene rings is 2. The van der Waals surface area contributed by atoms with Crippen molar-refractivity contribution >= 4 is 22.8 Å². The molecule has 0 saturated carbocycles. The first kappa shape index (κ1) is 16.8. The molecule has 1 atom stereocenters. The number of rotatable bonds is 5. The van der Waals surface area contributed by atoms with Crippen LogP contribution < -0.4 is 5.32 Å².